The smallest absolute Gasteiger partial charge is 0.260 e. The molecule has 0 fully saturated rings. The van der Waals surface area contributed by atoms with Crippen molar-refractivity contribution in [2.45, 2.75) is 19.1 Å². The number of hydrogen-bond donors (Lipinski definition) is 2. The van der Waals surface area contributed by atoms with Crippen LogP contribution in [0.15, 0.2) is 24.3 Å². The molecule has 1 amide bonds. The van der Waals surface area contributed by atoms with Crippen molar-refractivity contribution in [3.8, 4) is 5.75 Å². The zero-order valence-corrected chi connectivity index (χ0v) is 9.87. The van der Waals surface area contributed by atoms with E-state index in [4.69, 9.17) is 9.84 Å². The second-order valence-electron chi connectivity index (χ2n) is 3.89. The summed E-state index contributed by atoms with van der Waals surface area (Å²) in [5, 5.41) is 11.1. The Morgan fingerprint density at radius 1 is 1.47 bits per heavy atom. The molecule has 94 valence electrons. The molecule has 1 rings (SSSR count). The van der Waals surface area contributed by atoms with Crippen LogP contribution in [-0.2, 0) is 11.3 Å². The third-order valence-electron chi connectivity index (χ3n) is 2.38. The van der Waals surface area contributed by atoms with Crippen molar-refractivity contribution in [2.75, 3.05) is 13.7 Å². The van der Waals surface area contributed by atoms with Crippen LogP contribution in [0, 0.1) is 0 Å². The largest absolute Gasteiger partial charge is 0.497 e. The van der Waals surface area contributed by atoms with Gasteiger partial charge in [0.05, 0.1) is 13.7 Å². The van der Waals surface area contributed by atoms with Crippen molar-refractivity contribution in [2.24, 2.45) is 0 Å². The quantitative estimate of drug-likeness (QED) is 0.809. The second-order valence-corrected chi connectivity index (χ2v) is 3.89. The summed E-state index contributed by atoms with van der Waals surface area (Å²) >= 11 is 0. The first-order valence-corrected chi connectivity index (χ1v) is 5.20. The molecule has 0 spiro atoms. The van der Waals surface area contributed by atoms with Crippen LogP contribution in [0.25, 0.3) is 0 Å². The predicted molar refractivity (Wildman–Crippen MR) is 61.4 cm³/mol. The number of ether oxygens (including phenoxy) is 1. The average molecular weight is 241 g/mol. The number of nitrogens with one attached hydrogen (secondary N) is 1. The fourth-order valence-electron chi connectivity index (χ4n) is 1.18. The first-order chi connectivity index (χ1) is 7.99. The second kappa shape index (κ2) is 5.63. The van der Waals surface area contributed by atoms with Crippen LogP contribution in [0.5, 0.6) is 5.75 Å². The fourth-order valence-corrected chi connectivity index (χ4v) is 1.18. The van der Waals surface area contributed by atoms with E-state index in [1.165, 1.54) is 0 Å². The molecule has 0 saturated heterocycles. The Morgan fingerprint density at radius 3 is 2.53 bits per heavy atom. The molecule has 0 radical (unpaired) electrons. The maximum absolute atomic E-state index is 13.4. The minimum atomic E-state index is -2.24. The lowest BCUT2D eigenvalue weighted by molar-refractivity contribution is -0.134. The first-order valence-electron chi connectivity index (χ1n) is 5.20. The van der Waals surface area contributed by atoms with Gasteiger partial charge in [-0.2, -0.15) is 0 Å². The Hall–Kier alpha value is -1.62. The number of carbonyl (C=O) groups is 1. The molecule has 0 saturated carbocycles. The van der Waals surface area contributed by atoms with Crippen LogP contribution in [0.2, 0.25) is 0 Å². The number of benzene rings is 1. The number of alkyl halides is 1. The molecule has 0 aromatic heterocycles. The Bertz CT molecular complexity index is 376. The summed E-state index contributed by atoms with van der Waals surface area (Å²) in [5.41, 5.74) is -1.42. The van der Waals surface area contributed by atoms with Gasteiger partial charge >= 0.3 is 0 Å². The van der Waals surface area contributed by atoms with E-state index in [-0.39, 0.29) is 6.54 Å². The highest BCUT2D eigenvalue weighted by molar-refractivity contribution is 5.84. The normalized spacial score (nSPS) is 13.9. The van der Waals surface area contributed by atoms with Gasteiger partial charge in [-0.05, 0) is 24.6 Å². The zero-order valence-electron chi connectivity index (χ0n) is 9.87. The van der Waals surface area contributed by atoms with Gasteiger partial charge in [0.2, 0.25) is 5.67 Å². The molecule has 4 nitrogen and oxygen atoms in total. The number of methoxy groups -OCH3 is 1. The maximum atomic E-state index is 13.4. The van der Waals surface area contributed by atoms with Crippen LogP contribution >= 0.6 is 0 Å². The third kappa shape index (κ3) is 3.71. The van der Waals surface area contributed by atoms with E-state index in [1.807, 2.05) is 0 Å². The molecule has 17 heavy (non-hydrogen) atoms. The van der Waals surface area contributed by atoms with Crippen LogP contribution in [-0.4, -0.2) is 30.4 Å². The Morgan fingerprint density at radius 2 is 2.06 bits per heavy atom. The molecule has 0 aliphatic rings. The van der Waals surface area contributed by atoms with Crippen molar-refractivity contribution in [1.29, 1.82) is 0 Å². The summed E-state index contributed by atoms with van der Waals surface area (Å²) in [6.07, 6.45) is 0. The van der Waals surface area contributed by atoms with E-state index in [9.17, 15) is 9.18 Å². The van der Waals surface area contributed by atoms with E-state index < -0.39 is 18.2 Å². The van der Waals surface area contributed by atoms with E-state index in [0.717, 1.165) is 12.5 Å². The van der Waals surface area contributed by atoms with Crippen LogP contribution in [0.4, 0.5) is 4.39 Å². The summed E-state index contributed by atoms with van der Waals surface area (Å²) < 4.78 is 18.3. The standard InChI is InChI=1S/C12H16FNO3/c1-12(13,8-15)11(16)14-7-9-3-5-10(17-2)6-4-9/h3-6,15H,7-8H2,1-2H3,(H,14,16)/t12-/m1/s1. The molecule has 1 atom stereocenters. The Kier molecular flexibility index (Phi) is 4.45. The van der Waals surface area contributed by atoms with E-state index in [1.54, 1.807) is 31.4 Å². The minimum absolute atomic E-state index is 0.211. The van der Waals surface area contributed by atoms with Gasteiger partial charge in [-0.15, -0.1) is 0 Å². The lowest BCUT2D eigenvalue weighted by Crippen LogP contribution is -2.43. The minimum Gasteiger partial charge on any atom is -0.497 e. The SMILES string of the molecule is COc1ccc(CNC(=O)[C@](C)(F)CO)cc1. The Balaban J connectivity index is 2.53. The first kappa shape index (κ1) is 13.4. The van der Waals surface area contributed by atoms with Gasteiger partial charge in [0.15, 0.2) is 0 Å². The lowest BCUT2D eigenvalue weighted by atomic mass is 10.1. The summed E-state index contributed by atoms with van der Waals surface area (Å²) in [5.74, 6) is -0.110. The van der Waals surface area contributed by atoms with Crippen molar-refractivity contribution >= 4 is 5.91 Å². The van der Waals surface area contributed by atoms with E-state index >= 15 is 0 Å². The molecule has 5 heteroatoms. The number of aliphatic hydroxyl groups is 1. The number of halogens is 1. The van der Waals surface area contributed by atoms with Gasteiger partial charge in [0.25, 0.3) is 5.91 Å². The van der Waals surface area contributed by atoms with Gasteiger partial charge in [-0.1, -0.05) is 12.1 Å². The summed E-state index contributed by atoms with van der Waals surface area (Å²) in [7, 11) is 1.56. The van der Waals surface area contributed by atoms with E-state index in [2.05, 4.69) is 5.32 Å². The maximum Gasteiger partial charge on any atom is 0.260 e. The summed E-state index contributed by atoms with van der Waals surface area (Å²) in [6, 6.07) is 7.05. The molecule has 0 unspecified atom stereocenters. The van der Waals surface area contributed by atoms with Crippen LogP contribution < -0.4 is 10.1 Å². The monoisotopic (exact) mass is 241 g/mol. The molecular weight excluding hydrogens is 225 g/mol. The van der Waals surface area contributed by atoms with Crippen molar-refractivity contribution < 1.29 is 19.0 Å². The number of carbonyl (C=O) groups excluding carboxylic acids is 1. The number of aliphatic hydroxyl groups excluding tert-OH is 1. The van der Waals surface area contributed by atoms with Crippen molar-refractivity contribution in [3.05, 3.63) is 29.8 Å². The highest BCUT2D eigenvalue weighted by atomic mass is 19.1. The highest BCUT2D eigenvalue weighted by Gasteiger charge is 2.31. The van der Waals surface area contributed by atoms with Gasteiger partial charge in [-0.25, -0.2) is 4.39 Å². The van der Waals surface area contributed by atoms with Crippen molar-refractivity contribution in [1.82, 2.24) is 5.32 Å². The third-order valence-corrected chi connectivity index (χ3v) is 2.38. The number of rotatable bonds is 5. The Labute approximate surface area is 99.4 Å². The molecule has 0 heterocycles. The number of hydrogen-bond acceptors (Lipinski definition) is 3. The molecule has 0 aliphatic heterocycles. The topological polar surface area (TPSA) is 58.6 Å². The fraction of sp³-hybridized carbons (Fsp3) is 0.417. The van der Waals surface area contributed by atoms with Crippen LogP contribution in [0.1, 0.15) is 12.5 Å². The zero-order chi connectivity index (χ0) is 12.9. The molecule has 0 aliphatic carbocycles. The van der Waals surface area contributed by atoms with Crippen molar-refractivity contribution in [3.63, 3.8) is 0 Å². The number of amides is 1. The molecule has 0 bridgehead atoms. The average Bonchev–Trinajstić information content (AvgIpc) is 2.36. The molecular formula is C12H16FNO3. The summed E-state index contributed by atoms with van der Waals surface area (Å²) in [6.45, 7) is 0.417. The van der Waals surface area contributed by atoms with Gasteiger partial charge < -0.3 is 15.2 Å². The predicted octanol–water partition coefficient (Wildman–Crippen LogP) is 1.03. The molecule has 1 aromatic rings. The van der Waals surface area contributed by atoms with Gasteiger partial charge in [0, 0.05) is 6.54 Å². The summed E-state index contributed by atoms with van der Waals surface area (Å²) in [4.78, 5) is 11.3. The molecule has 2 N–H and O–H groups in total. The van der Waals surface area contributed by atoms with Gasteiger partial charge in [-0.3, -0.25) is 4.79 Å². The van der Waals surface area contributed by atoms with Gasteiger partial charge in [0.1, 0.15) is 5.75 Å². The highest BCUT2D eigenvalue weighted by Crippen LogP contribution is 2.12. The van der Waals surface area contributed by atoms with E-state index in [0.29, 0.717) is 5.75 Å². The van der Waals surface area contributed by atoms with Crippen LogP contribution in [0.3, 0.4) is 0 Å². The lowest BCUT2D eigenvalue weighted by Gasteiger charge is -2.16. The molecule has 1 aromatic carbocycles.